The van der Waals surface area contributed by atoms with Crippen LogP contribution in [0.15, 0.2) is 42.6 Å². The Morgan fingerprint density at radius 2 is 1.91 bits per heavy atom. The van der Waals surface area contributed by atoms with Gasteiger partial charge in [-0.2, -0.15) is 0 Å². The summed E-state index contributed by atoms with van der Waals surface area (Å²) < 4.78 is 14.1. The van der Waals surface area contributed by atoms with Crippen molar-refractivity contribution in [2.75, 3.05) is 18.0 Å². The molecule has 1 fully saturated rings. The van der Waals surface area contributed by atoms with Crippen LogP contribution in [-0.4, -0.2) is 18.1 Å². The van der Waals surface area contributed by atoms with Crippen molar-refractivity contribution in [2.45, 2.75) is 32.4 Å². The molecule has 3 nitrogen and oxygen atoms in total. The Bertz CT molecular complexity index is 595. The number of benzene rings is 1. The van der Waals surface area contributed by atoms with Crippen LogP contribution < -0.4 is 10.2 Å². The van der Waals surface area contributed by atoms with Crippen LogP contribution in [0.1, 0.15) is 30.5 Å². The van der Waals surface area contributed by atoms with Crippen LogP contribution in [-0.2, 0) is 13.1 Å². The van der Waals surface area contributed by atoms with Crippen molar-refractivity contribution >= 4 is 5.69 Å². The average molecular weight is 299 g/mol. The van der Waals surface area contributed by atoms with Crippen LogP contribution >= 0.6 is 0 Å². The van der Waals surface area contributed by atoms with E-state index in [1.54, 1.807) is 12.3 Å². The Balaban J connectivity index is 1.61. The molecule has 0 saturated carbocycles. The number of nitrogens with one attached hydrogen (secondary N) is 1. The predicted octanol–water partition coefficient (Wildman–Crippen LogP) is 3.50. The van der Waals surface area contributed by atoms with Crippen LogP contribution in [0, 0.1) is 5.82 Å². The van der Waals surface area contributed by atoms with Gasteiger partial charge in [0, 0.05) is 32.4 Å². The van der Waals surface area contributed by atoms with Crippen molar-refractivity contribution in [1.29, 1.82) is 0 Å². The zero-order valence-electron chi connectivity index (χ0n) is 12.8. The molecular formula is C18H22FN3. The lowest BCUT2D eigenvalue weighted by Gasteiger charge is -2.29. The molecule has 1 aromatic heterocycles. The van der Waals surface area contributed by atoms with Crippen molar-refractivity contribution in [3.8, 4) is 0 Å². The number of nitrogens with zero attached hydrogens (tertiary/aromatic N) is 2. The predicted molar refractivity (Wildman–Crippen MR) is 87.2 cm³/mol. The largest absolute Gasteiger partial charge is 0.369 e. The molecule has 1 aromatic carbocycles. The molecule has 0 atom stereocenters. The summed E-state index contributed by atoms with van der Waals surface area (Å²) in [6.45, 7) is 3.36. The van der Waals surface area contributed by atoms with E-state index in [9.17, 15) is 4.39 Å². The van der Waals surface area contributed by atoms with E-state index in [-0.39, 0.29) is 5.82 Å². The van der Waals surface area contributed by atoms with Crippen LogP contribution in [0.5, 0.6) is 0 Å². The summed E-state index contributed by atoms with van der Waals surface area (Å²) in [6, 6.07) is 11.3. The smallest absolute Gasteiger partial charge is 0.146 e. The second-order valence-corrected chi connectivity index (χ2v) is 5.76. The van der Waals surface area contributed by atoms with Gasteiger partial charge < -0.3 is 10.2 Å². The van der Waals surface area contributed by atoms with Crippen molar-refractivity contribution in [3.63, 3.8) is 0 Å². The van der Waals surface area contributed by atoms with Crippen molar-refractivity contribution in [3.05, 3.63) is 59.7 Å². The minimum absolute atomic E-state index is 0.115. The number of pyridine rings is 1. The summed E-state index contributed by atoms with van der Waals surface area (Å²) in [7, 11) is 0. The fraction of sp³-hybridized carbons (Fsp3) is 0.389. The van der Waals surface area contributed by atoms with Crippen molar-refractivity contribution in [2.24, 2.45) is 0 Å². The maximum absolute atomic E-state index is 14.1. The Labute approximate surface area is 131 Å². The monoisotopic (exact) mass is 299 g/mol. The van der Waals surface area contributed by atoms with E-state index in [4.69, 9.17) is 0 Å². The number of hydrogen-bond acceptors (Lipinski definition) is 3. The van der Waals surface area contributed by atoms with Crippen molar-refractivity contribution < 1.29 is 4.39 Å². The Morgan fingerprint density at radius 1 is 1.05 bits per heavy atom. The second-order valence-electron chi connectivity index (χ2n) is 5.76. The highest BCUT2D eigenvalue weighted by Crippen LogP contribution is 2.24. The van der Waals surface area contributed by atoms with E-state index in [1.807, 2.05) is 30.3 Å². The lowest BCUT2D eigenvalue weighted by atomic mass is 10.1. The Morgan fingerprint density at radius 3 is 2.68 bits per heavy atom. The molecule has 1 N–H and O–H groups in total. The van der Waals surface area contributed by atoms with Crippen molar-refractivity contribution in [1.82, 2.24) is 10.3 Å². The summed E-state index contributed by atoms with van der Waals surface area (Å²) >= 11 is 0. The molecule has 22 heavy (non-hydrogen) atoms. The summed E-state index contributed by atoms with van der Waals surface area (Å²) in [5, 5.41) is 3.36. The highest BCUT2D eigenvalue weighted by Gasteiger charge is 2.15. The van der Waals surface area contributed by atoms with Gasteiger partial charge in [0.05, 0.1) is 11.4 Å². The quantitative estimate of drug-likeness (QED) is 0.916. The number of aromatic nitrogens is 1. The number of hydrogen-bond donors (Lipinski definition) is 1. The molecular weight excluding hydrogens is 277 g/mol. The van der Waals surface area contributed by atoms with Gasteiger partial charge in [0.1, 0.15) is 5.82 Å². The third-order valence-corrected chi connectivity index (χ3v) is 4.07. The van der Waals surface area contributed by atoms with E-state index in [0.29, 0.717) is 0 Å². The Hall–Kier alpha value is -1.94. The van der Waals surface area contributed by atoms with Gasteiger partial charge in [-0.15, -0.1) is 0 Å². The minimum atomic E-state index is -0.115. The summed E-state index contributed by atoms with van der Waals surface area (Å²) in [5.41, 5.74) is 2.87. The Kier molecular flexibility index (Phi) is 5.01. The molecule has 3 rings (SSSR count). The molecule has 1 saturated heterocycles. The molecule has 0 aliphatic carbocycles. The third kappa shape index (κ3) is 3.83. The number of rotatable bonds is 5. The van der Waals surface area contributed by atoms with E-state index in [1.165, 1.54) is 6.42 Å². The molecule has 0 bridgehead atoms. The van der Waals surface area contributed by atoms with Gasteiger partial charge in [-0.25, -0.2) is 4.39 Å². The highest BCUT2D eigenvalue weighted by molar-refractivity contribution is 5.50. The number of anilines is 1. The third-order valence-electron chi connectivity index (χ3n) is 4.07. The molecule has 2 aromatic rings. The van der Waals surface area contributed by atoms with Gasteiger partial charge >= 0.3 is 0 Å². The van der Waals surface area contributed by atoms with Gasteiger partial charge in [-0.05, 0) is 49.1 Å². The first-order chi connectivity index (χ1) is 10.8. The van der Waals surface area contributed by atoms with Crippen LogP contribution in [0.3, 0.4) is 0 Å². The normalized spacial score (nSPS) is 15.0. The molecule has 2 heterocycles. The van der Waals surface area contributed by atoms with E-state index in [0.717, 1.165) is 56.0 Å². The first-order valence-corrected chi connectivity index (χ1v) is 7.97. The summed E-state index contributed by atoms with van der Waals surface area (Å²) in [4.78, 5) is 6.45. The zero-order valence-corrected chi connectivity index (χ0v) is 12.8. The van der Waals surface area contributed by atoms with Gasteiger partial charge in [0.25, 0.3) is 0 Å². The number of piperidine rings is 1. The second kappa shape index (κ2) is 7.36. The molecule has 0 radical (unpaired) electrons. The first-order valence-electron chi connectivity index (χ1n) is 7.97. The minimum Gasteiger partial charge on any atom is -0.369 e. The average Bonchev–Trinajstić information content (AvgIpc) is 2.58. The molecule has 0 unspecified atom stereocenters. The molecule has 116 valence electrons. The lowest BCUT2D eigenvalue weighted by Crippen LogP contribution is -2.30. The van der Waals surface area contributed by atoms with Crippen LogP contribution in [0.2, 0.25) is 0 Å². The highest BCUT2D eigenvalue weighted by atomic mass is 19.1. The summed E-state index contributed by atoms with van der Waals surface area (Å²) in [5.74, 6) is -0.115. The standard InChI is InChI=1S/C18H22FN3/c19-17-8-7-15(12-18(17)22-10-4-1-5-11-22)13-20-14-16-6-2-3-9-21-16/h2-3,6-9,12,20H,1,4-5,10-11,13-14H2. The van der Waals surface area contributed by atoms with Crippen LogP contribution in [0.25, 0.3) is 0 Å². The van der Waals surface area contributed by atoms with Gasteiger partial charge in [0.15, 0.2) is 0 Å². The van der Waals surface area contributed by atoms with Crippen LogP contribution in [0.4, 0.5) is 10.1 Å². The molecule has 4 heteroatoms. The van der Waals surface area contributed by atoms with Gasteiger partial charge in [-0.3, -0.25) is 4.98 Å². The van der Waals surface area contributed by atoms with E-state index < -0.39 is 0 Å². The zero-order chi connectivity index (χ0) is 15.2. The fourth-order valence-electron chi connectivity index (χ4n) is 2.88. The van der Waals surface area contributed by atoms with E-state index >= 15 is 0 Å². The topological polar surface area (TPSA) is 28.2 Å². The molecule has 1 aliphatic heterocycles. The molecule has 0 amide bonds. The van der Waals surface area contributed by atoms with E-state index in [2.05, 4.69) is 15.2 Å². The maximum atomic E-state index is 14.1. The first kappa shape index (κ1) is 15.0. The molecule has 0 spiro atoms. The SMILES string of the molecule is Fc1ccc(CNCc2ccccn2)cc1N1CCCCC1. The van der Waals surface area contributed by atoms with Gasteiger partial charge in [0.2, 0.25) is 0 Å². The lowest BCUT2D eigenvalue weighted by molar-refractivity contribution is 0.556. The van der Waals surface area contributed by atoms with Gasteiger partial charge in [-0.1, -0.05) is 12.1 Å². The maximum Gasteiger partial charge on any atom is 0.146 e. The summed E-state index contributed by atoms with van der Waals surface area (Å²) in [6.07, 6.45) is 5.36. The fourth-order valence-corrected chi connectivity index (χ4v) is 2.88. The number of halogens is 1. The molecule has 1 aliphatic rings.